The van der Waals surface area contributed by atoms with E-state index in [4.69, 9.17) is 18.9 Å². The first-order valence-corrected chi connectivity index (χ1v) is 9.19. The van der Waals surface area contributed by atoms with Crippen molar-refractivity contribution < 1.29 is 23.7 Å². The summed E-state index contributed by atoms with van der Waals surface area (Å²) in [5, 5.41) is 14.7. The molecule has 1 aromatic carbocycles. The van der Waals surface area contributed by atoms with Gasteiger partial charge in [-0.2, -0.15) is 0 Å². The number of anilines is 1. The van der Waals surface area contributed by atoms with Gasteiger partial charge < -0.3 is 18.9 Å². The SMILES string of the molecule is COc1ccc(NC(=O)O[C@@H]2CO[C@H]3[C@H]2OC[C@H]3n2nnnc2C(C)C)cc1. The van der Waals surface area contributed by atoms with E-state index in [-0.39, 0.29) is 30.8 Å². The summed E-state index contributed by atoms with van der Waals surface area (Å²) in [6.45, 7) is 4.72. The molecule has 150 valence electrons. The van der Waals surface area contributed by atoms with Crippen LogP contribution in [-0.2, 0) is 14.2 Å². The van der Waals surface area contributed by atoms with Crippen LogP contribution in [0.1, 0.15) is 31.6 Å². The number of benzene rings is 1. The fourth-order valence-corrected chi connectivity index (χ4v) is 3.53. The van der Waals surface area contributed by atoms with Crippen molar-refractivity contribution in [2.45, 2.75) is 44.1 Å². The standard InChI is InChI=1S/C18H23N5O5/c1-10(2)17-20-21-22-23(17)13-8-26-16-14(9-27-15(13)16)28-18(24)19-11-4-6-12(25-3)7-5-11/h4-7,10,13-16H,8-9H2,1-3H3,(H,19,24)/t13-,14-,15-,16+/m1/s1. The first kappa shape index (κ1) is 18.6. The number of carbonyl (C=O) groups is 1. The zero-order valence-electron chi connectivity index (χ0n) is 15.9. The Balaban J connectivity index is 1.37. The van der Waals surface area contributed by atoms with Crippen LogP contribution in [0.15, 0.2) is 24.3 Å². The highest BCUT2D eigenvalue weighted by atomic mass is 16.6. The number of methoxy groups -OCH3 is 1. The number of nitrogens with one attached hydrogen (secondary N) is 1. The molecule has 2 fully saturated rings. The minimum absolute atomic E-state index is 0.143. The van der Waals surface area contributed by atoms with Gasteiger partial charge in [0.05, 0.1) is 20.3 Å². The molecule has 10 nitrogen and oxygen atoms in total. The lowest BCUT2D eigenvalue weighted by Crippen LogP contribution is -2.35. The number of fused-ring (bicyclic) bond motifs is 1. The Kier molecular flexibility index (Phi) is 5.14. The van der Waals surface area contributed by atoms with Gasteiger partial charge >= 0.3 is 6.09 Å². The molecule has 2 aromatic rings. The molecule has 28 heavy (non-hydrogen) atoms. The molecule has 10 heteroatoms. The van der Waals surface area contributed by atoms with Gasteiger partial charge in [-0.3, -0.25) is 5.32 Å². The van der Waals surface area contributed by atoms with Crippen molar-refractivity contribution in [1.29, 1.82) is 0 Å². The van der Waals surface area contributed by atoms with Crippen molar-refractivity contribution in [2.75, 3.05) is 25.6 Å². The molecule has 2 aliphatic heterocycles. The van der Waals surface area contributed by atoms with Crippen molar-refractivity contribution in [2.24, 2.45) is 0 Å². The third-order valence-electron chi connectivity index (χ3n) is 4.93. The molecule has 3 heterocycles. The van der Waals surface area contributed by atoms with Crippen LogP contribution in [0.2, 0.25) is 0 Å². The molecule has 0 saturated carbocycles. The van der Waals surface area contributed by atoms with Gasteiger partial charge in [0.1, 0.15) is 24.0 Å². The van der Waals surface area contributed by atoms with Crippen molar-refractivity contribution in [3.63, 3.8) is 0 Å². The molecule has 0 spiro atoms. The highest BCUT2D eigenvalue weighted by Crippen LogP contribution is 2.36. The molecule has 0 bridgehead atoms. The van der Waals surface area contributed by atoms with Crippen LogP contribution >= 0.6 is 0 Å². The van der Waals surface area contributed by atoms with Gasteiger partial charge in [-0.1, -0.05) is 13.8 Å². The number of carbonyl (C=O) groups excluding carboxylic acids is 1. The average Bonchev–Trinajstić information content (AvgIpc) is 3.39. The predicted molar refractivity (Wildman–Crippen MR) is 97.3 cm³/mol. The van der Waals surface area contributed by atoms with Gasteiger partial charge in [-0.05, 0) is 34.7 Å². The Bertz CT molecular complexity index is 824. The molecule has 4 rings (SSSR count). The van der Waals surface area contributed by atoms with Gasteiger partial charge in [0, 0.05) is 11.6 Å². The number of hydrogen-bond donors (Lipinski definition) is 1. The molecule has 1 aromatic heterocycles. The minimum Gasteiger partial charge on any atom is -0.497 e. The minimum atomic E-state index is -0.559. The first-order chi connectivity index (χ1) is 13.6. The van der Waals surface area contributed by atoms with Crippen LogP contribution in [0.3, 0.4) is 0 Å². The summed E-state index contributed by atoms with van der Waals surface area (Å²) < 4.78 is 24.2. The summed E-state index contributed by atoms with van der Waals surface area (Å²) in [6.07, 6.45) is -1.67. The summed E-state index contributed by atoms with van der Waals surface area (Å²) in [5.41, 5.74) is 0.613. The largest absolute Gasteiger partial charge is 0.497 e. The highest BCUT2D eigenvalue weighted by Gasteiger charge is 2.51. The zero-order chi connectivity index (χ0) is 19.7. The molecule has 2 saturated heterocycles. The molecule has 1 amide bonds. The smallest absolute Gasteiger partial charge is 0.412 e. The van der Waals surface area contributed by atoms with Gasteiger partial charge in [-0.25, -0.2) is 9.48 Å². The topological polar surface area (TPSA) is 110 Å². The van der Waals surface area contributed by atoms with Crippen molar-refractivity contribution in [3.8, 4) is 5.75 Å². The predicted octanol–water partition coefficient (Wildman–Crippen LogP) is 1.76. The third kappa shape index (κ3) is 3.52. The van der Waals surface area contributed by atoms with E-state index >= 15 is 0 Å². The Labute approximate surface area is 162 Å². The third-order valence-corrected chi connectivity index (χ3v) is 4.93. The van der Waals surface area contributed by atoms with E-state index in [1.54, 1.807) is 36.1 Å². The summed E-state index contributed by atoms with van der Waals surface area (Å²) in [5.74, 6) is 1.66. The zero-order valence-corrected chi connectivity index (χ0v) is 15.9. The maximum atomic E-state index is 12.3. The van der Waals surface area contributed by atoms with Crippen molar-refractivity contribution >= 4 is 11.8 Å². The summed E-state index contributed by atoms with van der Waals surface area (Å²) in [4.78, 5) is 12.3. The fourth-order valence-electron chi connectivity index (χ4n) is 3.53. The Morgan fingerprint density at radius 3 is 2.68 bits per heavy atom. The van der Waals surface area contributed by atoms with E-state index in [1.165, 1.54) is 0 Å². The molecule has 0 aliphatic carbocycles. The lowest BCUT2D eigenvalue weighted by Gasteiger charge is -2.18. The maximum absolute atomic E-state index is 12.3. The van der Waals surface area contributed by atoms with Crippen LogP contribution < -0.4 is 10.1 Å². The quantitative estimate of drug-likeness (QED) is 0.824. The van der Waals surface area contributed by atoms with Crippen LogP contribution in [0.5, 0.6) is 5.75 Å². The summed E-state index contributed by atoms with van der Waals surface area (Å²) >= 11 is 0. The van der Waals surface area contributed by atoms with Crippen LogP contribution in [0.4, 0.5) is 10.5 Å². The van der Waals surface area contributed by atoms with Crippen molar-refractivity contribution in [3.05, 3.63) is 30.1 Å². The van der Waals surface area contributed by atoms with E-state index in [0.717, 1.165) is 5.82 Å². The number of aromatic nitrogens is 4. The molecule has 2 aliphatic rings. The fraction of sp³-hybridized carbons (Fsp3) is 0.556. The van der Waals surface area contributed by atoms with Crippen LogP contribution in [0, 0.1) is 0 Å². The number of hydrogen-bond acceptors (Lipinski definition) is 8. The van der Waals surface area contributed by atoms with Crippen molar-refractivity contribution in [1.82, 2.24) is 20.2 Å². The second-order valence-electron chi connectivity index (χ2n) is 7.10. The second kappa shape index (κ2) is 7.72. The molecular formula is C18H23N5O5. The number of nitrogens with zero attached hydrogens (tertiary/aromatic N) is 4. The Morgan fingerprint density at radius 1 is 1.21 bits per heavy atom. The molecule has 0 radical (unpaired) electrons. The van der Waals surface area contributed by atoms with E-state index in [1.807, 2.05) is 13.8 Å². The average molecular weight is 389 g/mol. The normalized spacial score (nSPS) is 26.3. The monoisotopic (exact) mass is 389 g/mol. The first-order valence-electron chi connectivity index (χ1n) is 9.19. The van der Waals surface area contributed by atoms with Crippen LogP contribution in [0.25, 0.3) is 0 Å². The van der Waals surface area contributed by atoms with E-state index in [9.17, 15) is 4.79 Å². The number of tetrazole rings is 1. The summed E-state index contributed by atoms with van der Waals surface area (Å²) in [6, 6.07) is 6.85. The Morgan fingerprint density at radius 2 is 1.96 bits per heavy atom. The lowest BCUT2D eigenvalue weighted by atomic mass is 10.1. The summed E-state index contributed by atoms with van der Waals surface area (Å²) in [7, 11) is 1.58. The van der Waals surface area contributed by atoms with Gasteiger partial charge in [0.2, 0.25) is 0 Å². The maximum Gasteiger partial charge on any atom is 0.412 e. The van der Waals surface area contributed by atoms with Gasteiger partial charge in [0.15, 0.2) is 11.9 Å². The Hall–Kier alpha value is -2.72. The second-order valence-corrected chi connectivity index (χ2v) is 7.10. The number of ether oxygens (including phenoxy) is 4. The van der Waals surface area contributed by atoms with Gasteiger partial charge in [-0.15, -0.1) is 5.10 Å². The van der Waals surface area contributed by atoms with E-state index < -0.39 is 12.2 Å². The van der Waals surface area contributed by atoms with Gasteiger partial charge in [0.25, 0.3) is 0 Å². The van der Waals surface area contributed by atoms with E-state index in [0.29, 0.717) is 18.0 Å². The van der Waals surface area contributed by atoms with Crippen LogP contribution in [-0.4, -0.2) is 64.9 Å². The molecule has 0 unspecified atom stereocenters. The van der Waals surface area contributed by atoms with E-state index in [2.05, 4.69) is 20.8 Å². The number of rotatable bonds is 5. The number of amides is 1. The molecular weight excluding hydrogens is 366 g/mol. The highest BCUT2D eigenvalue weighted by molar-refractivity contribution is 5.84. The molecule has 1 N–H and O–H groups in total. The molecule has 4 atom stereocenters. The lowest BCUT2D eigenvalue weighted by molar-refractivity contribution is 0.00763.